The van der Waals surface area contributed by atoms with Crippen LogP contribution in [0.2, 0.25) is 0 Å². The Balaban J connectivity index is 1.66. The first kappa shape index (κ1) is 29.1. The fourth-order valence-electron chi connectivity index (χ4n) is 4.10. The van der Waals surface area contributed by atoms with E-state index in [-0.39, 0.29) is 45.9 Å². The van der Waals surface area contributed by atoms with E-state index in [2.05, 4.69) is 41.9 Å². The number of nitro benzene ring substituents is 1. The SMILES string of the molecule is O=c1c2ccccc2nc(-c2cccc(C(F)(F)F)c2)n1N=Cc1cc(Br)cc([N+](=O)[O-])c1OCc1ccc(Br)cc1. The van der Waals surface area contributed by atoms with E-state index in [1.807, 2.05) is 0 Å². The van der Waals surface area contributed by atoms with Crippen molar-refractivity contribution in [2.45, 2.75) is 12.8 Å². The minimum Gasteiger partial charge on any atom is -0.481 e. The summed E-state index contributed by atoms with van der Waals surface area (Å²) in [5, 5.41) is 16.4. The van der Waals surface area contributed by atoms with Gasteiger partial charge in [-0.25, -0.2) is 4.98 Å². The van der Waals surface area contributed by atoms with E-state index in [0.717, 1.165) is 26.8 Å². The third-order valence-electron chi connectivity index (χ3n) is 6.07. The van der Waals surface area contributed by atoms with Gasteiger partial charge < -0.3 is 4.74 Å². The van der Waals surface area contributed by atoms with Crippen molar-refractivity contribution in [3.63, 3.8) is 0 Å². The zero-order chi connectivity index (χ0) is 30.0. The van der Waals surface area contributed by atoms with Crippen LogP contribution in [0.5, 0.6) is 5.75 Å². The van der Waals surface area contributed by atoms with Gasteiger partial charge in [-0.15, -0.1) is 0 Å². The predicted molar refractivity (Wildman–Crippen MR) is 159 cm³/mol. The average molecular weight is 702 g/mol. The highest BCUT2D eigenvalue weighted by molar-refractivity contribution is 9.10. The summed E-state index contributed by atoms with van der Waals surface area (Å²) in [6, 6.07) is 20.7. The number of fused-ring (bicyclic) bond motifs is 1. The second kappa shape index (κ2) is 11.9. The lowest BCUT2D eigenvalue weighted by atomic mass is 10.1. The Kier molecular flexibility index (Phi) is 8.23. The largest absolute Gasteiger partial charge is 0.481 e. The Morgan fingerprint density at radius 1 is 0.976 bits per heavy atom. The van der Waals surface area contributed by atoms with Crippen molar-refractivity contribution in [2.75, 3.05) is 0 Å². The smallest absolute Gasteiger partial charge is 0.416 e. The van der Waals surface area contributed by atoms with Crippen LogP contribution in [0.3, 0.4) is 0 Å². The van der Waals surface area contributed by atoms with Gasteiger partial charge in [-0.05, 0) is 48.0 Å². The number of ether oxygens (including phenoxy) is 1. The lowest BCUT2D eigenvalue weighted by molar-refractivity contribution is -0.386. The first-order valence-corrected chi connectivity index (χ1v) is 13.7. The number of para-hydroxylation sites is 1. The molecule has 0 bridgehead atoms. The number of hydrogen-bond acceptors (Lipinski definition) is 6. The highest BCUT2D eigenvalue weighted by atomic mass is 79.9. The van der Waals surface area contributed by atoms with Crippen molar-refractivity contribution in [1.29, 1.82) is 0 Å². The van der Waals surface area contributed by atoms with E-state index in [1.54, 1.807) is 42.5 Å². The van der Waals surface area contributed by atoms with Crippen LogP contribution in [0.25, 0.3) is 22.3 Å². The summed E-state index contributed by atoms with van der Waals surface area (Å²) in [4.78, 5) is 29.3. The van der Waals surface area contributed by atoms with Crippen LogP contribution in [-0.4, -0.2) is 20.8 Å². The number of aromatic nitrogens is 2. The summed E-state index contributed by atoms with van der Waals surface area (Å²) in [5.41, 5.74) is -0.793. The van der Waals surface area contributed by atoms with Gasteiger partial charge in [0.2, 0.25) is 5.75 Å². The molecule has 0 fully saturated rings. The number of hydrogen-bond donors (Lipinski definition) is 0. The molecule has 13 heteroatoms. The molecule has 0 aliphatic carbocycles. The first-order chi connectivity index (χ1) is 20.0. The molecule has 1 aromatic heterocycles. The van der Waals surface area contributed by atoms with E-state index in [1.165, 1.54) is 36.5 Å². The maximum absolute atomic E-state index is 13.5. The molecule has 0 N–H and O–H groups in total. The normalized spacial score (nSPS) is 11.7. The van der Waals surface area contributed by atoms with Crippen LogP contribution in [0, 0.1) is 10.1 Å². The number of nitrogens with zero attached hydrogens (tertiary/aromatic N) is 4. The van der Waals surface area contributed by atoms with Crippen molar-refractivity contribution in [3.05, 3.63) is 131 Å². The number of halogens is 5. The number of rotatable bonds is 7. The zero-order valence-electron chi connectivity index (χ0n) is 21.2. The van der Waals surface area contributed by atoms with Crippen LogP contribution in [0.15, 0.2) is 104 Å². The van der Waals surface area contributed by atoms with Crippen LogP contribution < -0.4 is 10.3 Å². The van der Waals surface area contributed by atoms with E-state index < -0.39 is 22.2 Å². The predicted octanol–water partition coefficient (Wildman–Crippen LogP) is 7.98. The van der Waals surface area contributed by atoms with Crippen molar-refractivity contribution < 1.29 is 22.8 Å². The Labute approximate surface area is 252 Å². The molecule has 1 heterocycles. The molecule has 0 unspecified atom stereocenters. The molecule has 212 valence electrons. The van der Waals surface area contributed by atoms with Gasteiger partial charge in [0.05, 0.1) is 27.6 Å². The summed E-state index contributed by atoms with van der Waals surface area (Å²) in [5.74, 6) is -0.264. The van der Waals surface area contributed by atoms with Gasteiger partial charge in [-0.1, -0.05) is 68.3 Å². The van der Waals surface area contributed by atoms with Crippen molar-refractivity contribution >= 4 is 54.7 Å². The summed E-state index contributed by atoms with van der Waals surface area (Å²) < 4.78 is 48.4. The fraction of sp³-hybridized carbons (Fsp3) is 0.0690. The Morgan fingerprint density at radius 2 is 1.71 bits per heavy atom. The van der Waals surface area contributed by atoms with Gasteiger partial charge in [-0.3, -0.25) is 14.9 Å². The molecule has 0 amide bonds. The molecular weight excluding hydrogens is 685 g/mol. The summed E-state index contributed by atoms with van der Waals surface area (Å²) in [6.45, 7) is -0.0104. The van der Waals surface area contributed by atoms with E-state index in [4.69, 9.17) is 4.74 Å². The number of nitro groups is 1. The van der Waals surface area contributed by atoms with Gasteiger partial charge in [0.15, 0.2) is 5.82 Å². The summed E-state index contributed by atoms with van der Waals surface area (Å²) in [7, 11) is 0. The number of alkyl halides is 3. The lowest BCUT2D eigenvalue weighted by Gasteiger charge is -2.13. The maximum atomic E-state index is 13.5. The van der Waals surface area contributed by atoms with Crippen LogP contribution in [0.4, 0.5) is 18.9 Å². The second-order valence-corrected chi connectivity index (χ2v) is 10.7. The van der Waals surface area contributed by atoms with Crippen LogP contribution in [-0.2, 0) is 12.8 Å². The van der Waals surface area contributed by atoms with E-state index in [9.17, 15) is 28.1 Å². The molecule has 0 atom stereocenters. The molecule has 0 saturated carbocycles. The second-order valence-electron chi connectivity index (χ2n) is 8.91. The van der Waals surface area contributed by atoms with Crippen LogP contribution >= 0.6 is 31.9 Å². The molecule has 5 aromatic rings. The van der Waals surface area contributed by atoms with Gasteiger partial charge in [-0.2, -0.15) is 22.9 Å². The highest BCUT2D eigenvalue weighted by Gasteiger charge is 2.31. The molecule has 0 spiro atoms. The molecule has 8 nitrogen and oxygen atoms in total. The number of benzene rings is 4. The molecule has 0 radical (unpaired) electrons. The fourth-order valence-corrected chi connectivity index (χ4v) is 4.82. The molecule has 0 aliphatic heterocycles. The molecule has 4 aromatic carbocycles. The van der Waals surface area contributed by atoms with Crippen molar-refractivity contribution in [3.8, 4) is 17.1 Å². The summed E-state index contributed by atoms with van der Waals surface area (Å²) >= 11 is 6.61. The van der Waals surface area contributed by atoms with E-state index >= 15 is 0 Å². The van der Waals surface area contributed by atoms with Crippen molar-refractivity contribution in [1.82, 2.24) is 9.66 Å². The molecule has 5 rings (SSSR count). The lowest BCUT2D eigenvalue weighted by Crippen LogP contribution is -2.20. The quantitative estimate of drug-likeness (QED) is 0.0974. The monoisotopic (exact) mass is 700 g/mol. The third-order valence-corrected chi connectivity index (χ3v) is 7.06. The van der Waals surface area contributed by atoms with Gasteiger partial charge >= 0.3 is 11.9 Å². The van der Waals surface area contributed by atoms with Gasteiger partial charge in [0.25, 0.3) is 5.56 Å². The highest BCUT2D eigenvalue weighted by Crippen LogP contribution is 2.35. The Bertz CT molecular complexity index is 1910. The molecule has 42 heavy (non-hydrogen) atoms. The van der Waals surface area contributed by atoms with Gasteiger partial charge in [0.1, 0.15) is 6.61 Å². The molecule has 0 aliphatic rings. The van der Waals surface area contributed by atoms with Gasteiger partial charge in [0, 0.05) is 26.1 Å². The summed E-state index contributed by atoms with van der Waals surface area (Å²) in [6.07, 6.45) is -3.46. The first-order valence-electron chi connectivity index (χ1n) is 12.1. The maximum Gasteiger partial charge on any atom is 0.416 e. The molecular formula is C29H17Br2F3N4O4. The Hall–Kier alpha value is -4.36. The van der Waals surface area contributed by atoms with Crippen molar-refractivity contribution in [2.24, 2.45) is 5.10 Å². The van der Waals surface area contributed by atoms with E-state index in [0.29, 0.717) is 4.47 Å². The van der Waals surface area contributed by atoms with Crippen LogP contribution in [0.1, 0.15) is 16.7 Å². The zero-order valence-corrected chi connectivity index (χ0v) is 24.4. The Morgan fingerprint density at radius 3 is 2.43 bits per heavy atom. The topological polar surface area (TPSA) is 99.6 Å². The minimum absolute atomic E-state index is 0.00300. The average Bonchev–Trinajstić information content (AvgIpc) is 2.96. The standard InChI is InChI=1S/C29H17Br2F3N4O4/c30-21-10-8-17(9-11-21)16-42-26-19(13-22(31)14-25(26)38(40)41)15-35-37-27(18-4-3-5-20(12-18)29(32,33)34)36-24-7-2-1-6-23(24)28(37)39/h1-15H,16H2. The molecule has 0 saturated heterocycles. The third kappa shape index (κ3) is 6.26. The minimum atomic E-state index is -4.63.